The highest BCUT2D eigenvalue weighted by Gasteiger charge is 2.36. The molecule has 6 nitrogen and oxygen atoms in total. The predicted octanol–water partition coefficient (Wildman–Crippen LogP) is 2.48. The molecule has 0 spiro atoms. The fourth-order valence-electron chi connectivity index (χ4n) is 3.14. The Bertz CT molecular complexity index is 688. The number of ether oxygens (including phenoxy) is 1. The maximum Gasteiger partial charge on any atom is 0.311 e. The van der Waals surface area contributed by atoms with Crippen molar-refractivity contribution in [1.82, 2.24) is 0 Å². The molecule has 0 saturated carbocycles. The molecule has 0 amide bonds. The van der Waals surface area contributed by atoms with E-state index in [1.165, 1.54) is 25.1 Å². The lowest BCUT2D eigenvalue weighted by Gasteiger charge is -2.30. The van der Waals surface area contributed by atoms with E-state index in [0.29, 0.717) is 11.1 Å². The zero-order chi connectivity index (χ0) is 18.9. The molecule has 0 saturated heterocycles. The van der Waals surface area contributed by atoms with E-state index < -0.39 is 30.0 Å². The highest BCUT2D eigenvalue weighted by Crippen LogP contribution is 2.35. The molecule has 0 aromatic heterocycles. The lowest BCUT2D eigenvalue weighted by molar-refractivity contribution is -0.161. The van der Waals surface area contributed by atoms with Crippen LogP contribution in [0.5, 0.6) is 11.5 Å². The Labute approximate surface area is 146 Å². The number of cyclic esters (lactones) is 1. The van der Waals surface area contributed by atoms with Crippen molar-refractivity contribution in [2.24, 2.45) is 17.8 Å². The van der Waals surface area contributed by atoms with Gasteiger partial charge in [0.2, 0.25) is 0 Å². The van der Waals surface area contributed by atoms with Crippen LogP contribution in [-0.2, 0) is 14.3 Å². The molecule has 5 atom stereocenters. The van der Waals surface area contributed by atoms with Crippen LogP contribution in [0, 0.1) is 17.8 Å². The van der Waals surface area contributed by atoms with Gasteiger partial charge in [0.15, 0.2) is 5.78 Å². The van der Waals surface area contributed by atoms with Gasteiger partial charge in [-0.15, -0.1) is 0 Å². The topological polar surface area (TPSA) is 104 Å². The molecular formula is C19H24O6. The minimum absolute atomic E-state index is 0.158. The van der Waals surface area contributed by atoms with Crippen molar-refractivity contribution in [2.45, 2.75) is 39.9 Å². The lowest BCUT2D eigenvalue weighted by atomic mass is 9.85. The molecule has 1 aromatic rings. The van der Waals surface area contributed by atoms with E-state index in [9.17, 15) is 24.9 Å². The number of allylic oxidation sites excluding steroid dienone is 1. The molecule has 1 aliphatic rings. The van der Waals surface area contributed by atoms with E-state index in [-0.39, 0.29) is 23.2 Å². The second-order valence-electron chi connectivity index (χ2n) is 6.78. The number of hydrogen-bond donors (Lipinski definition) is 3. The van der Waals surface area contributed by atoms with Gasteiger partial charge in [-0.25, -0.2) is 0 Å². The van der Waals surface area contributed by atoms with Crippen LogP contribution in [0.4, 0.5) is 0 Å². The van der Waals surface area contributed by atoms with Gasteiger partial charge in [0.25, 0.3) is 0 Å². The summed E-state index contributed by atoms with van der Waals surface area (Å²) in [5.41, 5.74) is 0.878. The van der Waals surface area contributed by atoms with Crippen LogP contribution in [0.1, 0.15) is 39.4 Å². The fraction of sp³-hybridized carbons (Fsp3) is 0.474. The number of phenols is 2. The Morgan fingerprint density at radius 1 is 0.960 bits per heavy atom. The van der Waals surface area contributed by atoms with Crippen LogP contribution in [0.25, 0.3) is 0 Å². The number of Topliss-reactive ketones (excluding diaryl/α,β-unsaturated/α-hetero) is 1. The minimum atomic E-state index is -1.16. The quantitative estimate of drug-likeness (QED) is 0.674. The second kappa shape index (κ2) is 7.27. The van der Waals surface area contributed by atoms with Crippen molar-refractivity contribution >= 4 is 11.8 Å². The molecule has 6 heteroatoms. The highest BCUT2D eigenvalue weighted by atomic mass is 16.5. The first-order valence-electron chi connectivity index (χ1n) is 8.26. The number of rotatable bonds is 1. The van der Waals surface area contributed by atoms with Gasteiger partial charge >= 0.3 is 5.97 Å². The summed E-state index contributed by atoms with van der Waals surface area (Å²) in [5, 5.41) is 29.7. The standard InChI is InChI=1S/C19H24O6/c1-9-5-10(2)18(13-6-14(20)8-15(21)7-13)25-19(24)12(4)17(23)11(3)16(9)22/h5-8,10-12,17-18,20-21,23H,1-4H3. The van der Waals surface area contributed by atoms with Gasteiger partial charge in [0, 0.05) is 23.5 Å². The Balaban J connectivity index is 2.52. The van der Waals surface area contributed by atoms with Crippen molar-refractivity contribution < 1.29 is 29.6 Å². The van der Waals surface area contributed by atoms with Gasteiger partial charge in [-0.1, -0.05) is 19.9 Å². The first-order chi connectivity index (χ1) is 11.6. The second-order valence-corrected chi connectivity index (χ2v) is 6.78. The average Bonchev–Trinajstić information content (AvgIpc) is 2.54. The average molecular weight is 348 g/mol. The zero-order valence-electron chi connectivity index (χ0n) is 14.8. The summed E-state index contributed by atoms with van der Waals surface area (Å²) in [7, 11) is 0. The summed E-state index contributed by atoms with van der Waals surface area (Å²) >= 11 is 0. The number of ketones is 1. The highest BCUT2D eigenvalue weighted by molar-refractivity contribution is 5.97. The predicted molar refractivity (Wildman–Crippen MR) is 90.9 cm³/mol. The number of aliphatic hydroxyl groups excluding tert-OH is 1. The van der Waals surface area contributed by atoms with Gasteiger partial charge in [-0.05, 0) is 31.6 Å². The summed E-state index contributed by atoms with van der Waals surface area (Å²) in [4.78, 5) is 24.9. The third-order valence-corrected chi connectivity index (χ3v) is 4.69. The fourth-order valence-corrected chi connectivity index (χ4v) is 3.14. The van der Waals surface area contributed by atoms with E-state index in [2.05, 4.69) is 0 Å². The van der Waals surface area contributed by atoms with Crippen LogP contribution < -0.4 is 0 Å². The molecule has 0 aliphatic carbocycles. The van der Waals surface area contributed by atoms with Crippen LogP contribution >= 0.6 is 0 Å². The van der Waals surface area contributed by atoms with Crippen molar-refractivity contribution in [3.8, 4) is 11.5 Å². The number of carbonyl (C=O) groups is 2. The van der Waals surface area contributed by atoms with E-state index in [4.69, 9.17) is 4.74 Å². The van der Waals surface area contributed by atoms with Crippen molar-refractivity contribution in [2.75, 3.05) is 0 Å². The summed E-state index contributed by atoms with van der Waals surface area (Å²) in [5.74, 6) is -3.15. The Hall–Kier alpha value is -2.34. The number of aromatic hydroxyl groups is 2. The molecule has 0 bridgehead atoms. The summed E-state index contributed by atoms with van der Waals surface area (Å²) in [6, 6.07) is 3.97. The first-order valence-corrected chi connectivity index (χ1v) is 8.26. The van der Waals surface area contributed by atoms with Crippen LogP contribution in [-0.4, -0.2) is 33.2 Å². The number of carbonyl (C=O) groups excluding carboxylic acids is 2. The SMILES string of the molecule is CC1=CC(C)C(c2cc(O)cc(O)c2)OC(=O)C(C)C(O)C(C)C1=O. The third-order valence-electron chi connectivity index (χ3n) is 4.69. The molecular weight excluding hydrogens is 324 g/mol. The van der Waals surface area contributed by atoms with Crippen LogP contribution in [0.3, 0.4) is 0 Å². The summed E-state index contributed by atoms with van der Waals surface area (Å²) in [6.07, 6.45) is -0.285. The Morgan fingerprint density at radius 2 is 1.52 bits per heavy atom. The Morgan fingerprint density at radius 3 is 2.08 bits per heavy atom. The summed E-state index contributed by atoms with van der Waals surface area (Å²) < 4.78 is 5.57. The van der Waals surface area contributed by atoms with Gasteiger partial charge < -0.3 is 20.1 Å². The molecule has 1 aromatic carbocycles. The number of aliphatic hydroxyl groups is 1. The van der Waals surface area contributed by atoms with Crippen LogP contribution in [0.2, 0.25) is 0 Å². The van der Waals surface area contributed by atoms with E-state index >= 15 is 0 Å². The smallest absolute Gasteiger partial charge is 0.311 e. The molecule has 1 heterocycles. The van der Waals surface area contributed by atoms with Gasteiger partial charge in [-0.3, -0.25) is 9.59 Å². The van der Waals surface area contributed by atoms with Crippen LogP contribution in [0.15, 0.2) is 29.8 Å². The van der Waals surface area contributed by atoms with E-state index in [0.717, 1.165) is 0 Å². The molecule has 0 radical (unpaired) electrons. The van der Waals surface area contributed by atoms with Gasteiger partial charge in [0.05, 0.1) is 12.0 Å². The number of esters is 1. The van der Waals surface area contributed by atoms with E-state index in [1.807, 2.05) is 0 Å². The number of phenolic OH excluding ortho intramolecular Hbond substituents is 2. The monoisotopic (exact) mass is 348 g/mol. The van der Waals surface area contributed by atoms with Crippen molar-refractivity contribution in [3.05, 3.63) is 35.4 Å². The molecule has 2 rings (SSSR count). The minimum Gasteiger partial charge on any atom is -0.508 e. The summed E-state index contributed by atoms with van der Waals surface area (Å²) in [6.45, 7) is 6.54. The molecule has 5 unspecified atom stereocenters. The molecule has 25 heavy (non-hydrogen) atoms. The maximum atomic E-state index is 12.5. The molecule has 1 aliphatic heterocycles. The van der Waals surface area contributed by atoms with E-state index in [1.54, 1.807) is 26.8 Å². The zero-order valence-corrected chi connectivity index (χ0v) is 14.8. The molecule has 3 N–H and O–H groups in total. The number of hydrogen-bond acceptors (Lipinski definition) is 6. The molecule has 0 fully saturated rings. The van der Waals surface area contributed by atoms with Crippen molar-refractivity contribution in [1.29, 1.82) is 0 Å². The van der Waals surface area contributed by atoms with Gasteiger partial charge in [0.1, 0.15) is 17.6 Å². The van der Waals surface area contributed by atoms with Gasteiger partial charge in [-0.2, -0.15) is 0 Å². The maximum absolute atomic E-state index is 12.5. The third kappa shape index (κ3) is 4.02. The largest absolute Gasteiger partial charge is 0.508 e. The Kier molecular flexibility index (Phi) is 5.52. The molecule has 136 valence electrons. The number of benzene rings is 1. The lowest BCUT2D eigenvalue weighted by Crippen LogP contribution is -2.38. The normalized spacial score (nSPS) is 31.2. The first kappa shape index (κ1) is 19.0. The van der Waals surface area contributed by atoms with Crippen molar-refractivity contribution in [3.63, 3.8) is 0 Å².